The zero-order valence-corrected chi connectivity index (χ0v) is 18.8. The lowest BCUT2D eigenvalue weighted by Gasteiger charge is -2.23. The van der Waals surface area contributed by atoms with Gasteiger partial charge in [-0.15, -0.1) is 0 Å². The summed E-state index contributed by atoms with van der Waals surface area (Å²) in [6, 6.07) is 15.9. The van der Waals surface area contributed by atoms with E-state index >= 15 is 0 Å². The van der Waals surface area contributed by atoms with Crippen molar-refractivity contribution in [1.82, 2.24) is 4.98 Å². The normalized spacial score (nSPS) is 17.6. The number of thiazole rings is 1. The quantitative estimate of drug-likeness (QED) is 0.237. The van der Waals surface area contributed by atoms with Crippen LogP contribution in [0.4, 0.5) is 9.52 Å². The molecule has 1 amide bonds. The molecule has 2 heterocycles. The predicted molar refractivity (Wildman–Crippen MR) is 128 cm³/mol. The van der Waals surface area contributed by atoms with E-state index in [2.05, 4.69) is 4.98 Å². The topological polar surface area (TPSA) is 90.7 Å². The van der Waals surface area contributed by atoms with Crippen LogP contribution in [0.1, 0.15) is 29.7 Å². The van der Waals surface area contributed by atoms with Crippen LogP contribution in [0, 0.1) is 5.82 Å². The Morgan fingerprint density at radius 2 is 1.85 bits per heavy atom. The average molecular weight is 475 g/mol. The lowest BCUT2D eigenvalue weighted by atomic mass is 9.95. The molecule has 0 saturated carbocycles. The fourth-order valence-corrected chi connectivity index (χ4v) is 5.14. The number of anilines is 1. The second-order valence-electron chi connectivity index (χ2n) is 7.92. The van der Waals surface area contributed by atoms with Gasteiger partial charge in [-0.1, -0.05) is 36.5 Å². The molecule has 1 fully saturated rings. The van der Waals surface area contributed by atoms with Gasteiger partial charge in [-0.25, -0.2) is 9.37 Å². The maximum Gasteiger partial charge on any atom is 0.301 e. The van der Waals surface area contributed by atoms with Crippen molar-refractivity contribution in [3.8, 4) is 5.75 Å². The molecule has 1 aliphatic heterocycles. The van der Waals surface area contributed by atoms with E-state index in [-0.39, 0.29) is 16.9 Å². The third-order valence-corrected chi connectivity index (χ3v) is 6.82. The number of ketones is 1. The molecule has 3 aromatic carbocycles. The van der Waals surface area contributed by atoms with E-state index in [0.29, 0.717) is 16.2 Å². The first-order valence-electron chi connectivity index (χ1n) is 10.6. The number of phenolic OH excluding ortho intramolecular Hbond substituents is 1. The number of aliphatic hydroxyl groups is 1. The standard InChI is InChI=1S/C26H19FN2O4S/c1-2-14-6-11-19-20(12-14)34-26(28-19)29-22(16-4-3-5-18(30)13-16)21(24(32)25(29)33)23(31)15-7-9-17(27)10-8-15/h3-13,22,30-31H,2H2,1H3. The smallest absolute Gasteiger partial charge is 0.301 e. The SMILES string of the molecule is CCc1ccc2nc(N3C(=O)C(=O)C(=C(O)c4ccc(F)cc4)C3c3cccc(O)c3)sc2c1. The van der Waals surface area contributed by atoms with Crippen molar-refractivity contribution in [3.05, 3.63) is 94.8 Å². The molecule has 0 bridgehead atoms. The van der Waals surface area contributed by atoms with Crippen molar-refractivity contribution in [3.63, 3.8) is 0 Å². The van der Waals surface area contributed by atoms with E-state index in [1.807, 2.05) is 25.1 Å². The number of nitrogens with zero attached hydrogens (tertiary/aromatic N) is 2. The second-order valence-corrected chi connectivity index (χ2v) is 8.93. The highest BCUT2D eigenvalue weighted by Crippen LogP contribution is 2.44. The number of phenols is 1. The molecule has 4 aromatic rings. The Morgan fingerprint density at radius 1 is 1.09 bits per heavy atom. The second kappa shape index (κ2) is 8.39. The number of halogens is 1. The lowest BCUT2D eigenvalue weighted by molar-refractivity contribution is -0.132. The number of Topliss-reactive ketones (excluding diaryl/α,β-unsaturated/α-hetero) is 1. The zero-order valence-electron chi connectivity index (χ0n) is 18.0. The summed E-state index contributed by atoms with van der Waals surface area (Å²) in [6.45, 7) is 2.04. The van der Waals surface area contributed by atoms with Crippen LogP contribution >= 0.6 is 11.3 Å². The minimum absolute atomic E-state index is 0.0539. The molecule has 0 aliphatic carbocycles. The molecule has 170 valence electrons. The van der Waals surface area contributed by atoms with Gasteiger partial charge < -0.3 is 10.2 Å². The van der Waals surface area contributed by atoms with Crippen molar-refractivity contribution in [1.29, 1.82) is 0 Å². The summed E-state index contributed by atoms with van der Waals surface area (Å²) in [5.74, 6) is -2.71. The highest BCUT2D eigenvalue weighted by Gasteiger charge is 2.48. The van der Waals surface area contributed by atoms with E-state index in [4.69, 9.17) is 0 Å². The molecule has 1 atom stereocenters. The van der Waals surface area contributed by atoms with Gasteiger partial charge in [-0.3, -0.25) is 14.5 Å². The van der Waals surface area contributed by atoms with Crippen molar-refractivity contribution >= 4 is 44.1 Å². The van der Waals surface area contributed by atoms with Crippen LogP contribution in [-0.2, 0) is 16.0 Å². The molecular weight excluding hydrogens is 455 g/mol. The van der Waals surface area contributed by atoms with Gasteiger partial charge in [-0.05, 0) is 66.1 Å². The molecule has 1 saturated heterocycles. The molecule has 1 aliphatic rings. The number of fused-ring (bicyclic) bond motifs is 1. The van der Waals surface area contributed by atoms with E-state index in [1.165, 1.54) is 40.5 Å². The minimum atomic E-state index is -1.02. The summed E-state index contributed by atoms with van der Waals surface area (Å²) >= 11 is 1.27. The fraction of sp³-hybridized carbons (Fsp3) is 0.115. The Morgan fingerprint density at radius 3 is 2.56 bits per heavy atom. The Kier molecular flexibility index (Phi) is 5.37. The number of aliphatic hydroxyl groups excluding tert-OH is 1. The number of hydrogen-bond donors (Lipinski definition) is 2. The van der Waals surface area contributed by atoms with Crippen molar-refractivity contribution < 1.29 is 24.2 Å². The molecule has 34 heavy (non-hydrogen) atoms. The number of rotatable bonds is 4. The Labute approximate surface area is 198 Å². The predicted octanol–water partition coefficient (Wildman–Crippen LogP) is 5.33. The molecule has 0 radical (unpaired) electrons. The van der Waals surface area contributed by atoms with Crippen LogP contribution in [0.3, 0.4) is 0 Å². The number of amides is 1. The van der Waals surface area contributed by atoms with Crippen LogP contribution in [0.15, 0.2) is 72.3 Å². The van der Waals surface area contributed by atoms with Gasteiger partial charge in [0.1, 0.15) is 17.3 Å². The molecule has 1 unspecified atom stereocenters. The van der Waals surface area contributed by atoms with Gasteiger partial charge in [0, 0.05) is 5.56 Å². The summed E-state index contributed by atoms with van der Waals surface area (Å²) < 4.78 is 14.3. The van der Waals surface area contributed by atoms with Gasteiger partial charge in [0.15, 0.2) is 5.13 Å². The number of aromatic nitrogens is 1. The molecule has 5 rings (SSSR count). The molecule has 0 spiro atoms. The van der Waals surface area contributed by atoms with Crippen LogP contribution in [-0.4, -0.2) is 26.9 Å². The maximum absolute atomic E-state index is 13.4. The number of benzene rings is 3. The van der Waals surface area contributed by atoms with E-state index in [0.717, 1.165) is 28.8 Å². The van der Waals surface area contributed by atoms with E-state index < -0.39 is 29.3 Å². The largest absolute Gasteiger partial charge is 0.508 e. The third kappa shape index (κ3) is 3.62. The fourth-order valence-electron chi connectivity index (χ4n) is 4.08. The highest BCUT2D eigenvalue weighted by atomic mass is 32.1. The number of aromatic hydroxyl groups is 1. The zero-order chi connectivity index (χ0) is 24.0. The van der Waals surface area contributed by atoms with Crippen molar-refractivity contribution in [2.75, 3.05) is 4.90 Å². The summed E-state index contributed by atoms with van der Waals surface area (Å²) in [6.07, 6.45) is 0.842. The average Bonchev–Trinajstić information content (AvgIpc) is 3.36. The van der Waals surface area contributed by atoms with Crippen LogP contribution < -0.4 is 4.90 Å². The van der Waals surface area contributed by atoms with Crippen molar-refractivity contribution in [2.24, 2.45) is 0 Å². The van der Waals surface area contributed by atoms with Gasteiger partial charge in [-0.2, -0.15) is 0 Å². The van der Waals surface area contributed by atoms with Gasteiger partial charge >= 0.3 is 5.91 Å². The summed E-state index contributed by atoms with van der Waals surface area (Å²) in [5, 5.41) is 21.4. The number of carbonyl (C=O) groups excluding carboxylic acids is 2. The summed E-state index contributed by atoms with van der Waals surface area (Å²) in [4.78, 5) is 32.3. The Hall–Kier alpha value is -4.04. The molecule has 8 heteroatoms. The van der Waals surface area contributed by atoms with Gasteiger partial charge in [0.2, 0.25) is 0 Å². The van der Waals surface area contributed by atoms with E-state index in [1.54, 1.807) is 12.1 Å². The molecule has 6 nitrogen and oxygen atoms in total. The van der Waals surface area contributed by atoms with Crippen LogP contribution in [0.5, 0.6) is 5.75 Å². The van der Waals surface area contributed by atoms with Crippen LogP contribution in [0.2, 0.25) is 0 Å². The molecule has 2 N–H and O–H groups in total. The first kappa shape index (κ1) is 21.8. The maximum atomic E-state index is 13.4. The van der Waals surface area contributed by atoms with Gasteiger partial charge in [0.25, 0.3) is 5.78 Å². The molecular formula is C26H19FN2O4S. The summed E-state index contributed by atoms with van der Waals surface area (Å²) in [7, 11) is 0. The minimum Gasteiger partial charge on any atom is -0.508 e. The number of aryl methyl sites for hydroxylation is 1. The Balaban J connectivity index is 1.72. The first-order chi connectivity index (χ1) is 16.4. The van der Waals surface area contributed by atoms with Crippen LogP contribution in [0.25, 0.3) is 16.0 Å². The monoisotopic (exact) mass is 474 g/mol. The first-order valence-corrected chi connectivity index (χ1v) is 11.4. The van der Waals surface area contributed by atoms with E-state index in [9.17, 15) is 24.2 Å². The Bertz CT molecular complexity index is 1480. The molecule has 1 aromatic heterocycles. The number of hydrogen-bond acceptors (Lipinski definition) is 6. The van der Waals surface area contributed by atoms with Crippen molar-refractivity contribution in [2.45, 2.75) is 19.4 Å². The third-order valence-electron chi connectivity index (χ3n) is 5.80. The number of carbonyl (C=O) groups is 2. The summed E-state index contributed by atoms with van der Waals surface area (Å²) in [5.41, 5.74) is 2.27. The highest BCUT2D eigenvalue weighted by molar-refractivity contribution is 7.22. The van der Waals surface area contributed by atoms with Gasteiger partial charge in [0.05, 0.1) is 21.8 Å². The lowest BCUT2D eigenvalue weighted by Crippen LogP contribution is -2.29.